The van der Waals surface area contributed by atoms with Crippen LogP contribution in [0.25, 0.3) is 0 Å². The smallest absolute Gasteiger partial charge is 0.251 e. The Labute approximate surface area is 184 Å². The first kappa shape index (κ1) is 22.5. The van der Waals surface area contributed by atoms with Gasteiger partial charge in [0.05, 0.1) is 11.7 Å². The molecule has 2 N–H and O–H groups in total. The summed E-state index contributed by atoms with van der Waals surface area (Å²) in [4.78, 5) is 36.5. The Balaban J connectivity index is 1.69. The third-order valence-corrected chi connectivity index (χ3v) is 5.55. The molecular weight excluding hydrogens is 390 g/mol. The van der Waals surface area contributed by atoms with E-state index in [1.54, 1.807) is 24.3 Å². The second kappa shape index (κ2) is 10.2. The van der Waals surface area contributed by atoms with E-state index in [2.05, 4.69) is 55.8 Å². The molecule has 31 heavy (non-hydrogen) atoms. The number of carbonyl (C=O) groups excluding carboxylic acids is 3. The van der Waals surface area contributed by atoms with Gasteiger partial charge in [0.25, 0.3) is 5.91 Å². The summed E-state index contributed by atoms with van der Waals surface area (Å²) < 4.78 is 0. The predicted molar refractivity (Wildman–Crippen MR) is 121 cm³/mol. The summed E-state index contributed by atoms with van der Waals surface area (Å²) in [6, 6.07) is 15.1. The SMILES string of the molecule is CCCCc1ccc(C(NC(=O)c2ccc(N3NC(=O)CCC3=O)cc2)C(C)C)cc1. The highest BCUT2D eigenvalue weighted by atomic mass is 16.2. The Bertz CT molecular complexity index is 920. The van der Waals surface area contributed by atoms with Gasteiger partial charge in [-0.3, -0.25) is 19.8 Å². The van der Waals surface area contributed by atoms with Crippen molar-refractivity contribution in [2.24, 2.45) is 5.92 Å². The number of amides is 3. The summed E-state index contributed by atoms with van der Waals surface area (Å²) in [5.74, 6) is -0.304. The monoisotopic (exact) mass is 421 g/mol. The Morgan fingerprint density at radius 1 is 1.03 bits per heavy atom. The maximum Gasteiger partial charge on any atom is 0.251 e. The summed E-state index contributed by atoms with van der Waals surface area (Å²) >= 11 is 0. The van der Waals surface area contributed by atoms with E-state index in [4.69, 9.17) is 0 Å². The zero-order chi connectivity index (χ0) is 22.4. The van der Waals surface area contributed by atoms with Gasteiger partial charge < -0.3 is 5.32 Å². The van der Waals surface area contributed by atoms with Gasteiger partial charge in [0.2, 0.25) is 11.8 Å². The number of aryl methyl sites for hydroxylation is 1. The van der Waals surface area contributed by atoms with E-state index in [1.165, 1.54) is 23.4 Å². The molecule has 1 atom stereocenters. The number of nitrogens with one attached hydrogen (secondary N) is 2. The number of hydrazine groups is 1. The van der Waals surface area contributed by atoms with Crippen LogP contribution in [0.1, 0.15) is 74.0 Å². The highest BCUT2D eigenvalue weighted by molar-refractivity contribution is 6.01. The molecule has 1 heterocycles. The van der Waals surface area contributed by atoms with Crippen molar-refractivity contribution in [3.8, 4) is 0 Å². The van der Waals surface area contributed by atoms with Gasteiger partial charge in [-0.1, -0.05) is 51.5 Å². The quantitative estimate of drug-likeness (QED) is 0.666. The van der Waals surface area contributed by atoms with Crippen LogP contribution in [0.3, 0.4) is 0 Å². The fourth-order valence-electron chi connectivity index (χ4n) is 3.68. The molecule has 6 nitrogen and oxygen atoms in total. The van der Waals surface area contributed by atoms with Crippen LogP contribution in [0.4, 0.5) is 5.69 Å². The first-order valence-corrected chi connectivity index (χ1v) is 11.0. The number of rotatable bonds is 8. The molecule has 2 aromatic rings. The van der Waals surface area contributed by atoms with Gasteiger partial charge in [0.15, 0.2) is 0 Å². The van der Waals surface area contributed by atoms with Gasteiger partial charge in [-0.25, -0.2) is 5.01 Å². The lowest BCUT2D eigenvalue weighted by atomic mass is 9.94. The molecule has 0 aliphatic carbocycles. The number of hydrogen-bond acceptors (Lipinski definition) is 3. The first-order valence-electron chi connectivity index (χ1n) is 11.0. The first-order chi connectivity index (χ1) is 14.9. The van der Waals surface area contributed by atoms with Crippen molar-refractivity contribution in [3.63, 3.8) is 0 Å². The molecule has 3 rings (SSSR count). The van der Waals surface area contributed by atoms with E-state index in [1.807, 2.05) is 0 Å². The molecule has 1 fully saturated rings. The minimum Gasteiger partial charge on any atom is -0.345 e. The minimum absolute atomic E-state index is 0.102. The molecule has 1 saturated heterocycles. The van der Waals surface area contributed by atoms with Crippen LogP contribution >= 0.6 is 0 Å². The third kappa shape index (κ3) is 5.72. The molecular formula is C25H31N3O3. The Kier molecular flexibility index (Phi) is 7.45. The van der Waals surface area contributed by atoms with Crippen molar-refractivity contribution in [1.29, 1.82) is 0 Å². The lowest BCUT2D eigenvalue weighted by Gasteiger charge is -2.27. The topological polar surface area (TPSA) is 78.5 Å². The molecule has 6 heteroatoms. The molecule has 2 aromatic carbocycles. The van der Waals surface area contributed by atoms with Crippen molar-refractivity contribution < 1.29 is 14.4 Å². The standard InChI is InChI=1S/C25H31N3O3/c1-4-5-6-18-7-9-19(10-8-18)24(17(2)3)26-25(31)20-11-13-21(14-12-20)28-23(30)16-15-22(29)27-28/h7-14,17,24H,4-6,15-16H2,1-3H3,(H,26,31)(H,27,29). The van der Waals surface area contributed by atoms with Gasteiger partial charge in [0.1, 0.15) is 0 Å². The highest BCUT2D eigenvalue weighted by Gasteiger charge is 2.25. The average Bonchev–Trinajstić information content (AvgIpc) is 2.78. The van der Waals surface area contributed by atoms with E-state index < -0.39 is 0 Å². The molecule has 0 saturated carbocycles. The summed E-state index contributed by atoms with van der Waals surface area (Å²) in [7, 11) is 0. The van der Waals surface area contributed by atoms with E-state index in [-0.39, 0.29) is 42.5 Å². The minimum atomic E-state index is -0.193. The molecule has 0 aromatic heterocycles. The van der Waals surface area contributed by atoms with Crippen LogP contribution in [0.15, 0.2) is 48.5 Å². The van der Waals surface area contributed by atoms with Crippen molar-refractivity contribution >= 4 is 23.4 Å². The molecule has 0 bridgehead atoms. The van der Waals surface area contributed by atoms with Gasteiger partial charge in [0, 0.05) is 18.4 Å². The zero-order valence-corrected chi connectivity index (χ0v) is 18.5. The predicted octanol–water partition coefficient (Wildman–Crippen LogP) is 4.31. The molecule has 0 spiro atoms. The Morgan fingerprint density at radius 3 is 2.32 bits per heavy atom. The normalized spacial score (nSPS) is 15.0. The Morgan fingerprint density at radius 2 is 1.71 bits per heavy atom. The molecule has 1 aliphatic rings. The molecule has 0 radical (unpaired) electrons. The van der Waals surface area contributed by atoms with Crippen molar-refractivity contribution in [3.05, 3.63) is 65.2 Å². The number of nitrogens with zero attached hydrogens (tertiary/aromatic N) is 1. The number of benzene rings is 2. The van der Waals surface area contributed by atoms with Crippen molar-refractivity contribution in [2.45, 2.75) is 58.9 Å². The fraction of sp³-hybridized carbons (Fsp3) is 0.400. The summed E-state index contributed by atoms with van der Waals surface area (Å²) in [5, 5.41) is 4.38. The summed E-state index contributed by atoms with van der Waals surface area (Å²) in [5.41, 5.74) is 6.00. The maximum absolute atomic E-state index is 12.9. The molecule has 1 aliphatic heterocycles. The summed E-state index contributed by atoms with van der Waals surface area (Å²) in [6.45, 7) is 6.36. The van der Waals surface area contributed by atoms with Crippen LogP contribution in [0.5, 0.6) is 0 Å². The van der Waals surface area contributed by atoms with Gasteiger partial charge >= 0.3 is 0 Å². The molecule has 164 valence electrons. The second-order valence-electron chi connectivity index (χ2n) is 8.35. The average molecular weight is 422 g/mol. The molecule has 3 amide bonds. The van der Waals surface area contributed by atoms with E-state index in [0.29, 0.717) is 11.3 Å². The number of carbonyl (C=O) groups is 3. The van der Waals surface area contributed by atoms with Gasteiger partial charge in [-0.05, 0) is 54.2 Å². The van der Waals surface area contributed by atoms with E-state index in [9.17, 15) is 14.4 Å². The van der Waals surface area contributed by atoms with Crippen LogP contribution < -0.4 is 15.8 Å². The second-order valence-corrected chi connectivity index (χ2v) is 8.35. The van der Waals surface area contributed by atoms with Gasteiger partial charge in [-0.2, -0.15) is 0 Å². The largest absolute Gasteiger partial charge is 0.345 e. The number of unbranched alkanes of at least 4 members (excludes halogenated alkanes) is 1. The molecule has 1 unspecified atom stereocenters. The lowest BCUT2D eigenvalue weighted by molar-refractivity contribution is -0.130. The van der Waals surface area contributed by atoms with E-state index in [0.717, 1.165) is 12.0 Å². The fourth-order valence-corrected chi connectivity index (χ4v) is 3.68. The summed E-state index contributed by atoms with van der Waals surface area (Å²) in [6.07, 6.45) is 3.80. The van der Waals surface area contributed by atoms with Crippen molar-refractivity contribution in [1.82, 2.24) is 10.7 Å². The number of hydrogen-bond donors (Lipinski definition) is 2. The van der Waals surface area contributed by atoms with Crippen LogP contribution in [-0.2, 0) is 16.0 Å². The third-order valence-electron chi connectivity index (χ3n) is 5.55. The zero-order valence-electron chi connectivity index (χ0n) is 18.5. The van der Waals surface area contributed by atoms with E-state index >= 15 is 0 Å². The number of anilines is 1. The van der Waals surface area contributed by atoms with Crippen LogP contribution in [0, 0.1) is 5.92 Å². The van der Waals surface area contributed by atoms with Crippen LogP contribution in [-0.4, -0.2) is 17.7 Å². The lowest BCUT2D eigenvalue weighted by Crippen LogP contribution is -2.50. The van der Waals surface area contributed by atoms with Crippen LogP contribution in [0.2, 0.25) is 0 Å². The highest BCUT2D eigenvalue weighted by Crippen LogP contribution is 2.24. The van der Waals surface area contributed by atoms with Crippen molar-refractivity contribution in [2.75, 3.05) is 5.01 Å². The Hall–Kier alpha value is -3.15. The van der Waals surface area contributed by atoms with Gasteiger partial charge in [-0.15, -0.1) is 0 Å². The maximum atomic E-state index is 12.9.